The predicted octanol–water partition coefficient (Wildman–Crippen LogP) is 3.41. The highest BCUT2D eigenvalue weighted by molar-refractivity contribution is 5.76. The molecule has 0 saturated heterocycles. The molecule has 1 N–H and O–H groups in total. The molecule has 0 aliphatic carbocycles. The Kier molecular flexibility index (Phi) is 4.26. The number of methoxy groups -OCH3 is 1. The third-order valence-corrected chi connectivity index (χ3v) is 4.19. The lowest BCUT2D eigenvalue weighted by atomic mass is 9.99. The molecule has 2 amide bonds. The maximum Gasteiger partial charge on any atom is 0.318 e. The standard InChI is InChI=1S/C19H25N3O2/c1-19(2,3)20-18(23)22-12-11-21-10-6-9-16(21)17(22)14-7-5-8-15(13-14)24-4/h5-10,13,17H,11-12H2,1-4H3,(H,20,23). The van der Waals surface area contributed by atoms with Gasteiger partial charge in [0.05, 0.1) is 13.2 Å². The van der Waals surface area contributed by atoms with Crippen LogP contribution in [0.3, 0.4) is 0 Å². The zero-order valence-corrected chi connectivity index (χ0v) is 14.7. The largest absolute Gasteiger partial charge is 0.497 e. The van der Waals surface area contributed by atoms with Gasteiger partial charge in [0.25, 0.3) is 0 Å². The number of ether oxygens (including phenoxy) is 1. The van der Waals surface area contributed by atoms with Crippen LogP contribution in [0.15, 0.2) is 42.6 Å². The van der Waals surface area contributed by atoms with E-state index >= 15 is 0 Å². The molecule has 3 rings (SSSR count). The summed E-state index contributed by atoms with van der Waals surface area (Å²) in [5, 5.41) is 3.09. The van der Waals surface area contributed by atoms with E-state index in [4.69, 9.17) is 4.74 Å². The molecule has 0 radical (unpaired) electrons. The number of fused-ring (bicyclic) bond motifs is 1. The number of hydrogen-bond acceptors (Lipinski definition) is 2. The summed E-state index contributed by atoms with van der Waals surface area (Å²) < 4.78 is 7.58. The number of amides is 2. The van der Waals surface area contributed by atoms with Gasteiger partial charge in [-0.1, -0.05) is 12.1 Å². The molecule has 24 heavy (non-hydrogen) atoms. The number of nitrogens with one attached hydrogen (secondary N) is 1. The first-order valence-corrected chi connectivity index (χ1v) is 8.27. The number of urea groups is 1. The summed E-state index contributed by atoms with van der Waals surface area (Å²) in [7, 11) is 1.66. The molecular weight excluding hydrogens is 302 g/mol. The van der Waals surface area contributed by atoms with Crippen molar-refractivity contribution in [2.24, 2.45) is 0 Å². The van der Waals surface area contributed by atoms with Crippen LogP contribution >= 0.6 is 0 Å². The second-order valence-corrected chi connectivity index (χ2v) is 7.18. The molecule has 128 valence electrons. The van der Waals surface area contributed by atoms with E-state index in [0.29, 0.717) is 6.54 Å². The third kappa shape index (κ3) is 3.25. The van der Waals surface area contributed by atoms with Gasteiger partial charge in [0.2, 0.25) is 0 Å². The van der Waals surface area contributed by atoms with E-state index in [1.807, 2.05) is 56.0 Å². The number of benzene rings is 1. The second kappa shape index (κ2) is 6.23. The van der Waals surface area contributed by atoms with Gasteiger partial charge in [-0.3, -0.25) is 0 Å². The van der Waals surface area contributed by atoms with Crippen LogP contribution in [0.5, 0.6) is 5.75 Å². The van der Waals surface area contributed by atoms with Crippen LogP contribution in [0, 0.1) is 0 Å². The van der Waals surface area contributed by atoms with Crippen molar-refractivity contribution in [1.82, 2.24) is 14.8 Å². The summed E-state index contributed by atoms with van der Waals surface area (Å²) >= 11 is 0. The Labute approximate surface area is 143 Å². The summed E-state index contributed by atoms with van der Waals surface area (Å²) in [6, 6.07) is 11.9. The molecule has 0 bridgehead atoms. The molecule has 2 aromatic rings. The van der Waals surface area contributed by atoms with Crippen molar-refractivity contribution in [1.29, 1.82) is 0 Å². The van der Waals surface area contributed by atoms with Crippen molar-refractivity contribution in [3.05, 3.63) is 53.9 Å². The maximum absolute atomic E-state index is 12.9. The molecule has 0 fully saturated rings. The van der Waals surface area contributed by atoms with Crippen LogP contribution < -0.4 is 10.1 Å². The molecular formula is C19H25N3O2. The van der Waals surface area contributed by atoms with Crippen molar-refractivity contribution in [3.63, 3.8) is 0 Å². The molecule has 1 aliphatic heterocycles. The molecule has 1 aliphatic rings. The second-order valence-electron chi connectivity index (χ2n) is 7.18. The van der Waals surface area contributed by atoms with Crippen molar-refractivity contribution >= 4 is 6.03 Å². The van der Waals surface area contributed by atoms with E-state index in [1.165, 1.54) is 0 Å². The Balaban J connectivity index is 2.00. The van der Waals surface area contributed by atoms with Gasteiger partial charge in [0.15, 0.2) is 0 Å². The number of hydrogen-bond donors (Lipinski definition) is 1. The normalized spacial score (nSPS) is 17.3. The molecule has 1 aromatic heterocycles. The van der Waals surface area contributed by atoms with Crippen molar-refractivity contribution in [2.45, 2.75) is 38.9 Å². The van der Waals surface area contributed by atoms with Gasteiger partial charge in [-0.25, -0.2) is 4.79 Å². The highest BCUT2D eigenvalue weighted by Gasteiger charge is 2.33. The van der Waals surface area contributed by atoms with E-state index < -0.39 is 0 Å². The highest BCUT2D eigenvalue weighted by Crippen LogP contribution is 2.34. The van der Waals surface area contributed by atoms with Gasteiger partial charge in [-0.05, 0) is 50.6 Å². The molecule has 0 spiro atoms. The highest BCUT2D eigenvalue weighted by atomic mass is 16.5. The van der Waals surface area contributed by atoms with E-state index in [9.17, 15) is 4.79 Å². The topological polar surface area (TPSA) is 46.5 Å². The van der Waals surface area contributed by atoms with Crippen LogP contribution in [0.4, 0.5) is 4.79 Å². The average Bonchev–Trinajstić information content (AvgIpc) is 3.00. The lowest BCUT2D eigenvalue weighted by Gasteiger charge is -2.39. The van der Waals surface area contributed by atoms with Gasteiger partial charge in [-0.15, -0.1) is 0 Å². The minimum absolute atomic E-state index is 0.0391. The number of nitrogens with zero attached hydrogens (tertiary/aromatic N) is 2. The average molecular weight is 327 g/mol. The van der Waals surface area contributed by atoms with Gasteiger partial charge >= 0.3 is 6.03 Å². The summed E-state index contributed by atoms with van der Waals surface area (Å²) in [6.45, 7) is 7.47. The summed E-state index contributed by atoms with van der Waals surface area (Å²) in [6.07, 6.45) is 2.07. The van der Waals surface area contributed by atoms with Gasteiger partial charge in [0.1, 0.15) is 5.75 Å². The smallest absolute Gasteiger partial charge is 0.318 e. The Morgan fingerprint density at radius 1 is 1.21 bits per heavy atom. The lowest BCUT2D eigenvalue weighted by Crippen LogP contribution is -2.52. The Morgan fingerprint density at radius 2 is 2.00 bits per heavy atom. The summed E-state index contributed by atoms with van der Waals surface area (Å²) in [5.74, 6) is 0.798. The summed E-state index contributed by atoms with van der Waals surface area (Å²) in [4.78, 5) is 14.8. The lowest BCUT2D eigenvalue weighted by molar-refractivity contribution is 0.160. The quantitative estimate of drug-likeness (QED) is 0.919. The van der Waals surface area contributed by atoms with Crippen molar-refractivity contribution in [2.75, 3.05) is 13.7 Å². The Morgan fingerprint density at radius 3 is 2.71 bits per heavy atom. The monoisotopic (exact) mass is 327 g/mol. The fourth-order valence-corrected chi connectivity index (χ4v) is 3.16. The van der Waals surface area contributed by atoms with Crippen molar-refractivity contribution < 1.29 is 9.53 Å². The maximum atomic E-state index is 12.9. The molecule has 5 nitrogen and oxygen atoms in total. The number of carbonyl (C=O) groups excluding carboxylic acids is 1. The van der Waals surface area contributed by atoms with Crippen LogP contribution in [0.2, 0.25) is 0 Å². The minimum atomic E-state index is -0.268. The number of carbonyl (C=O) groups is 1. The zero-order valence-electron chi connectivity index (χ0n) is 14.7. The van der Waals surface area contributed by atoms with E-state index in [-0.39, 0.29) is 17.6 Å². The Bertz CT molecular complexity index is 730. The molecule has 1 aromatic carbocycles. The van der Waals surface area contributed by atoms with Gasteiger partial charge in [0, 0.05) is 30.5 Å². The fourth-order valence-electron chi connectivity index (χ4n) is 3.16. The summed E-state index contributed by atoms with van der Waals surface area (Å²) in [5.41, 5.74) is 1.91. The van der Waals surface area contributed by atoms with E-state index in [2.05, 4.69) is 22.1 Å². The number of aromatic nitrogens is 1. The fraction of sp³-hybridized carbons (Fsp3) is 0.421. The predicted molar refractivity (Wildman–Crippen MR) is 94.3 cm³/mol. The van der Waals surface area contributed by atoms with E-state index in [1.54, 1.807) is 7.11 Å². The molecule has 1 unspecified atom stereocenters. The third-order valence-electron chi connectivity index (χ3n) is 4.19. The van der Waals surface area contributed by atoms with Crippen LogP contribution in [-0.2, 0) is 6.54 Å². The Hall–Kier alpha value is -2.43. The first-order valence-electron chi connectivity index (χ1n) is 8.27. The first-order chi connectivity index (χ1) is 11.4. The first kappa shape index (κ1) is 16.4. The molecule has 0 saturated carbocycles. The minimum Gasteiger partial charge on any atom is -0.497 e. The molecule has 5 heteroatoms. The zero-order chi connectivity index (χ0) is 17.3. The van der Waals surface area contributed by atoms with Crippen LogP contribution in [-0.4, -0.2) is 34.7 Å². The van der Waals surface area contributed by atoms with Crippen molar-refractivity contribution in [3.8, 4) is 5.75 Å². The molecule has 1 atom stereocenters. The SMILES string of the molecule is COc1cccc(C2c3cccn3CCN2C(=O)NC(C)(C)C)c1. The van der Waals surface area contributed by atoms with Crippen LogP contribution in [0.25, 0.3) is 0 Å². The van der Waals surface area contributed by atoms with Crippen LogP contribution in [0.1, 0.15) is 38.1 Å². The number of rotatable bonds is 2. The van der Waals surface area contributed by atoms with Gasteiger partial charge < -0.3 is 19.5 Å². The molecule has 2 heterocycles. The van der Waals surface area contributed by atoms with Gasteiger partial charge in [-0.2, -0.15) is 0 Å². The van der Waals surface area contributed by atoms with E-state index in [0.717, 1.165) is 23.6 Å².